The van der Waals surface area contributed by atoms with E-state index in [0.717, 1.165) is 0 Å². The highest BCUT2D eigenvalue weighted by Gasteiger charge is 2.20. The minimum atomic E-state index is 1.22. The van der Waals surface area contributed by atoms with E-state index in [1.807, 2.05) is 0 Å². The zero-order valence-electron chi connectivity index (χ0n) is 25.3. The minimum absolute atomic E-state index is 1.22. The second-order valence-corrected chi connectivity index (χ2v) is 12.1. The van der Waals surface area contributed by atoms with Crippen LogP contribution >= 0.6 is 0 Å². The van der Waals surface area contributed by atoms with E-state index in [-0.39, 0.29) is 0 Å². The molecule has 0 aromatic heterocycles. The number of benzene rings is 9. The van der Waals surface area contributed by atoms with E-state index in [9.17, 15) is 0 Å². The minimum Gasteiger partial charge on any atom is -0.0622 e. The molecule has 0 bridgehead atoms. The molecule has 0 aliphatic carbocycles. The molecule has 0 N–H and O–H groups in total. The van der Waals surface area contributed by atoms with Crippen molar-refractivity contribution < 1.29 is 0 Å². The van der Waals surface area contributed by atoms with E-state index in [1.165, 1.54) is 87.6 Å². The molecule has 0 radical (unpaired) electrons. The summed E-state index contributed by atoms with van der Waals surface area (Å²) in [7, 11) is 0. The molecule has 9 aromatic carbocycles. The third-order valence-corrected chi connectivity index (χ3v) is 9.45. The molecule has 0 atom stereocenters. The standard InChI is InChI=1S/C46H30/c1-3-13-31(14-4-1)35-25-26-43-44(30-35)45(36-24-23-32-15-7-8-18-34(32)29-36)40-21-11-12-22-41(40)46(43)42-28-27-37(33-16-5-2-6-17-33)38-19-9-10-20-39(38)42/h1-30H. The Morgan fingerprint density at radius 1 is 0.217 bits per heavy atom. The average molecular weight is 583 g/mol. The number of fused-ring (bicyclic) bond motifs is 4. The summed E-state index contributed by atoms with van der Waals surface area (Å²) in [5, 5.41) is 10.1. The molecular formula is C46H30. The lowest BCUT2D eigenvalue weighted by molar-refractivity contribution is 1.63. The van der Waals surface area contributed by atoms with Gasteiger partial charge in [-0.1, -0.05) is 170 Å². The molecule has 9 aromatic rings. The lowest BCUT2D eigenvalue weighted by Gasteiger charge is -2.20. The molecule has 0 heterocycles. The van der Waals surface area contributed by atoms with E-state index >= 15 is 0 Å². The second kappa shape index (κ2) is 10.9. The van der Waals surface area contributed by atoms with Crippen molar-refractivity contribution in [3.05, 3.63) is 182 Å². The summed E-state index contributed by atoms with van der Waals surface area (Å²) >= 11 is 0. The van der Waals surface area contributed by atoms with Gasteiger partial charge in [-0.05, 0) is 99.7 Å². The SMILES string of the molecule is c1ccc(-c2ccc3c(-c4ccc(-c5ccccc5)c5ccccc45)c4ccccc4c(-c4ccc5ccccc5c4)c3c2)cc1. The van der Waals surface area contributed by atoms with Crippen molar-refractivity contribution in [2.45, 2.75) is 0 Å². The van der Waals surface area contributed by atoms with Gasteiger partial charge in [-0.25, -0.2) is 0 Å². The van der Waals surface area contributed by atoms with Crippen molar-refractivity contribution >= 4 is 43.1 Å². The van der Waals surface area contributed by atoms with Gasteiger partial charge in [-0.15, -0.1) is 0 Å². The van der Waals surface area contributed by atoms with Crippen LogP contribution in [0.5, 0.6) is 0 Å². The van der Waals surface area contributed by atoms with Gasteiger partial charge < -0.3 is 0 Å². The summed E-state index contributed by atoms with van der Waals surface area (Å²) in [6.45, 7) is 0. The van der Waals surface area contributed by atoms with Gasteiger partial charge in [0.15, 0.2) is 0 Å². The number of rotatable bonds is 4. The third kappa shape index (κ3) is 4.30. The Morgan fingerprint density at radius 3 is 1.48 bits per heavy atom. The van der Waals surface area contributed by atoms with Gasteiger partial charge in [0.2, 0.25) is 0 Å². The molecule has 214 valence electrons. The Bertz CT molecular complexity index is 2560. The summed E-state index contributed by atoms with van der Waals surface area (Å²) in [6, 6.07) is 66.6. The lowest BCUT2D eigenvalue weighted by atomic mass is 9.83. The van der Waals surface area contributed by atoms with Crippen molar-refractivity contribution in [2.75, 3.05) is 0 Å². The van der Waals surface area contributed by atoms with E-state index in [1.54, 1.807) is 0 Å². The Labute approximate surface area is 268 Å². The summed E-state index contributed by atoms with van der Waals surface area (Å²) in [4.78, 5) is 0. The first-order chi connectivity index (χ1) is 22.8. The largest absolute Gasteiger partial charge is 0.0622 e. The highest BCUT2D eigenvalue weighted by atomic mass is 14.2. The monoisotopic (exact) mass is 582 g/mol. The van der Waals surface area contributed by atoms with Crippen LogP contribution in [-0.4, -0.2) is 0 Å². The van der Waals surface area contributed by atoms with E-state index in [0.29, 0.717) is 0 Å². The van der Waals surface area contributed by atoms with Gasteiger partial charge in [-0.2, -0.15) is 0 Å². The van der Waals surface area contributed by atoms with Crippen LogP contribution in [0.25, 0.3) is 87.6 Å². The Kier molecular flexibility index (Phi) is 6.25. The maximum atomic E-state index is 2.41. The topological polar surface area (TPSA) is 0 Å². The van der Waals surface area contributed by atoms with Crippen molar-refractivity contribution in [3.63, 3.8) is 0 Å². The maximum absolute atomic E-state index is 2.41. The summed E-state index contributed by atoms with van der Waals surface area (Å²) in [6.07, 6.45) is 0. The first kappa shape index (κ1) is 26.4. The van der Waals surface area contributed by atoms with Crippen LogP contribution < -0.4 is 0 Å². The molecule has 0 saturated carbocycles. The normalized spacial score (nSPS) is 11.5. The van der Waals surface area contributed by atoms with Crippen LogP contribution in [0.2, 0.25) is 0 Å². The van der Waals surface area contributed by atoms with Crippen molar-refractivity contribution in [1.29, 1.82) is 0 Å². The molecular weight excluding hydrogens is 553 g/mol. The third-order valence-electron chi connectivity index (χ3n) is 9.45. The fourth-order valence-electron chi connectivity index (χ4n) is 7.32. The van der Waals surface area contributed by atoms with Crippen LogP contribution in [0.3, 0.4) is 0 Å². The average Bonchev–Trinajstić information content (AvgIpc) is 3.14. The smallest absolute Gasteiger partial charge is 0.00201 e. The summed E-state index contributed by atoms with van der Waals surface area (Å²) in [5.74, 6) is 0. The zero-order valence-corrected chi connectivity index (χ0v) is 25.3. The van der Waals surface area contributed by atoms with E-state index < -0.39 is 0 Å². The van der Waals surface area contributed by atoms with Crippen LogP contribution in [0, 0.1) is 0 Å². The highest BCUT2D eigenvalue weighted by molar-refractivity contribution is 6.24. The number of hydrogen-bond donors (Lipinski definition) is 0. The van der Waals surface area contributed by atoms with Gasteiger partial charge in [-0.3, -0.25) is 0 Å². The quantitative estimate of drug-likeness (QED) is 0.181. The van der Waals surface area contributed by atoms with Crippen molar-refractivity contribution in [2.24, 2.45) is 0 Å². The van der Waals surface area contributed by atoms with Gasteiger partial charge in [0.05, 0.1) is 0 Å². The molecule has 46 heavy (non-hydrogen) atoms. The molecule has 0 heteroatoms. The lowest BCUT2D eigenvalue weighted by Crippen LogP contribution is -1.93. The van der Waals surface area contributed by atoms with Gasteiger partial charge in [0.25, 0.3) is 0 Å². The van der Waals surface area contributed by atoms with Crippen molar-refractivity contribution in [3.8, 4) is 44.5 Å². The summed E-state index contributed by atoms with van der Waals surface area (Å²) in [5.41, 5.74) is 10.00. The maximum Gasteiger partial charge on any atom is -0.00201 e. The Hall–Kier alpha value is -5.98. The molecule has 0 aliphatic rings. The molecule has 0 spiro atoms. The molecule has 9 rings (SSSR count). The van der Waals surface area contributed by atoms with Crippen LogP contribution in [0.1, 0.15) is 0 Å². The van der Waals surface area contributed by atoms with E-state index in [2.05, 4.69) is 182 Å². The molecule has 0 unspecified atom stereocenters. The Morgan fingerprint density at radius 2 is 0.739 bits per heavy atom. The number of hydrogen-bond acceptors (Lipinski definition) is 0. The van der Waals surface area contributed by atoms with Crippen molar-refractivity contribution in [1.82, 2.24) is 0 Å². The van der Waals surface area contributed by atoms with Crippen LogP contribution in [0.4, 0.5) is 0 Å². The fraction of sp³-hybridized carbons (Fsp3) is 0. The molecule has 0 nitrogen and oxygen atoms in total. The van der Waals surface area contributed by atoms with Gasteiger partial charge >= 0.3 is 0 Å². The second-order valence-electron chi connectivity index (χ2n) is 12.1. The predicted octanol–water partition coefficient (Wildman–Crippen LogP) is 13.0. The summed E-state index contributed by atoms with van der Waals surface area (Å²) < 4.78 is 0. The zero-order chi connectivity index (χ0) is 30.5. The fourth-order valence-corrected chi connectivity index (χ4v) is 7.32. The molecule has 0 fully saturated rings. The molecule has 0 saturated heterocycles. The van der Waals surface area contributed by atoms with Gasteiger partial charge in [0.1, 0.15) is 0 Å². The Balaban J connectivity index is 1.41. The van der Waals surface area contributed by atoms with Gasteiger partial charge in [0, 0.05) is 0 Å². The van der Waals surface area contributed by atoms with Crippen LogP contribution in [-0.2, 0) is 0 Å². The molecule has 0 amide bonds. The molecule has 0 aliphatic heterocycles. The van der Waals surface area contributed by atoms with Crippen LogP contribution in [0.15, 0.2) is 182 Å². The van der Waals surface area contributed by atoms with E-state index in [4.69, 9.17) is 0 Å². The first-order valence-corrected chi connectivity index (χ1v) is 15.9. The predicted molar refractivity (Wildman–Crippen MR) is 198 cm³/mol. The first-order valence-electron chi connectivity index (χ1n) is 15.9. The highest BCUT2D eigenvalue weighted by Crippen LogP contribution is 2.47.